The van der Waals surface area contributed by atoms with E-state index in [1.165, 1.54) is 0 Å². The fraction of sp³-hybridized carbons (Fsp3) is 0.391. The summed E-state index contributed by atoms with van der Waals surface area (Å²) in [5.74, 6) is -0.206. The first-order chi connectivity index (χ1) is 14.0. The Bertz CT molecular complexity index is 865. The number of amides is 2. The number of halogens is 1. The van der Waals surface area contributed by atoms with Gasteiger partial charge in [0, 0.05) is 28.9 Å². The molecule has 29 heavy (non-hydrogen) atoms. The van der Waals surface area contributed by atoms with E-state index in [2.05, 4.69) is 28.2 Å². The van der Waals surface area contributed by atoms with Crippen LogP contribution in [0.5, 0.6) is 0 Å². The highest BCUT2D eigenvalue weighted by Crippen LogP contribution is 2.29. The minimum Gasteiger partial charge on any atom is -0.368 e. The van der Waals surface area contributed by atoms with E-state index in [0.29, 0.717) is 24.4 Å². The van der Waals surface area contributed by atoms with Crippen LogP contribution in [0, 0.1) is 0 Å². The van der Waals surface area contributed by atoms with Gasteiger partial charge in [0.2, 0.25) is 0 Å². The topological polar surface area (TPSA) is 58.6 Å². The van der Waals surface area contributed by atoms with E-state index in [-0.39, 0.29) is 17.9 Å². The van der Waals surface area contributed by atoms with Crippen LogP contribution in [0.4, 0.5) is 5.69 Å². The molecule has 2 unspecified atom stereocenters. The van der Waals surface area contributed by atoms with E-state index in [1.807, 2.05) is 36.1 Å². The molecule has 0 radical (unpaired) electrons. The first-order valence-corrected chi connectivity index (χ1v) is 10.9. The van der Waals surface area contributed by atoms with Crippen LogP contribution in [0.2, 0.25) is 0 Å². The van der Waals surface area contributed by atoms with Crippen molar-refractivity contribution < 1.29 is 14.3 Å². The largest absolute Gasteiger partial charge is 0.368 e. The van der Waals surface area contributed by atoms with E-state index in [0.717, 1.165) is 29.3 Å². The smallest absolute Gasteiger partial charge is 0.254 e. The predicted molar refractivity (Wildman–Crippen MR) is 118 cm³/mol. The summed E-state index contributed by atoms with van der Waals surface area (Å²) in [6, 6.07) is 15.0. The second-order valence-electron chi connectivity index (χ2n) is 7.27. The van der Waals surface area contributed by atoms with Crippen LogP contribution >= 0.6 is 15.9 Å². The van der Waals surface area contributed by atoms with Crippen LogP contribution in [-0.4, -0.2) is 36.0 Å². The third-order valence-corrected chi connectivity index (χ3v) is 5.87. The number of hydrogen-bond acceptors (Lipinski definition) is 3. The maximum Gasteiger partial charge on any atom is 0.254 e. The summed E-state index contributed by atoms with van der Waals surface area (Å²) in [4.78, 5) is 27.5. The molecule has 1 fully saturated rings. The van der Waals surface area contributed by atoms with E-state index in [4.69, 9.17) is 4.74 Å². The number of carbonyl (C=O) groups is 2. The molecule has 1 aliphatic rings. The number of rotatable bonds is 7. The van der Waals surface area contributed by atoms with Crippen molar-refractivity contribution in [3.63, 3.8) is 0 Å². The van der Waals surface area contributed by atoms with Crippen molar-refractivity contribution in [2.24, 2.45) is 0 Å². The Morgan fingerprint density at radius 1 is 1.24 bits per heavy atom. The van der Waals surface area contributed by atoms with Gasteiger partial charge >= 0.3 is 0 Å². The molecule has 0 saturated carbocycles. The molecule has 1 aliphatic heterocycles. The average molecular weight is 459 g/mol. The highest BCUT2D eigenvalue weighted by molar-refractivity contribution is 9.10. The molecule has 1 N–H and O–H groups in total. The first kappa shape index (κ1) is 21.5. The lowest BCUT2D eigenvalue weighted by molar-refractivity contribution is -0.124. The molecular weight excluding hydrogens is 432 g/mol. The Hall–Kier alpha value is -2.18. The van der Waals surface area contributed by atoms with Gasteiger partial charge in [-0.05, 0) is 56.0 Å². The van der Waals surface area contributed by atoms with Gasteiger partial charge in [-0.2, -0.15) is 0 Å². The van der Waals surface area contributed by atoms with Gasteiger partial charge in [0.05, 0.1) is 6.04 Å². The second kappa shape index (κ2) is 10.0. The molecule has 0 bridgehead atoms. The lowest BCUT2D eigenvalue weighted by Crippen LogP contribution is -2.34. The minimum absolute atomic E-state index is 0.0525. The van der Waals surface area contributed by atoms with Crippen molar-refractivity contribution in [2.45, 2.75) is 45.3 Å². The molecule has 1 saturated heterocycles. The number of ether oxygens (including phenoxy) is 1. The molecule has 154 valence electrons. The van der Waals surface area contributed by atoms with E-state index < -0.39 is 6.10 Å². The number of hydrogen-bond donors (Lipinski definition) is 1. The fourth-order valence-electron chi connectivity index (χ4n) is 3.60. The Balaban J connectivity index is 1.79. The van der Waals surface area contributed by atoms with Crippen molar-refractivity contribution in [1.29, 1.82) is 0 Å². The summed E-state index contributed by atoms with van der Waals surface area (Å²) in [6.45, 7) is 5.37. The SMILES string of the molecule is CCCN(C(=O)c1cccc(NC(=O)C2CCCO2)c1)C(C)c1ccccc1Br. The molecule has 0 aliphatic carbocycles. The number of benzene rings is 2. The van der Waals surface area contributed by atoms with E-state index >= 15 is 0 Å². The van der Waals surface area contributed by atoms with E-state index in [9.17, 15) is 9.59 Å². The third-order valence-electron chi connectivity index (χ3n) is 5.15. The maximum absolute atomic E-state index is 13.3. The molecular formula is C23H27BrN2O3. The fourth-order valence-corrected chi connectivity index (χ4v) is 4.21. The summed E-state index contributed by atoms with van der Waals surface area (Å²) in [7, 11) is 0. The molecule has 2 aromatic carbocycles. The van der Waals surface area contributed by atoms with Gasteiger partial charge < -0.3 is 15.0 Å². The highest BCUT2D eigenvalue weighted by Gasteiger charge is 2.25. The van der Waals surface area contributed by atoms with Crippen LogP contribution in [-0.2, 0) is 9.53 Å². The number of nitrogens with one attached hydrogen (secondary N) is 1. The summed E-state index contributed by atoms with van der Waals surface area (Å²) < 4.78 is 6.42. The van der Waals surface area contributed by atoms with Crippen molar-refractivity contribution in [1.82, 2.24) is 4.90 Å². The molecule has 0 aromatic heterocycles. The maximum atomic E-state index is 13.3. The van der Waals surface area contributed by atoms with Crippen LogP contribution in [0.25, 0.3) is 0 Å². The average Bonchev–Trinajstić information content (AvgIpc) is 3.27. The Morgan fingerprint density at radius 2 is 2.03 bits per heavy atom. The summed E-state index contributed by atoms with van der Waals surface area (Å²) >= 11 is 3.60. The van der Waals surface area contributed by atoms with Gasteiger partial charge in [-0.25, -0.2) is 0 Å². The monoisotopic (exact) mass is 458 g/mol. The Morgan fingerprint density at radius 3 is 2.72 bits per heavy atom. The lowest BCUT2D eigenvalue weighted by Gasteiger charge is -2.30. The van der Waals surface area contributed by atoms with Crippen LogP contribution in [0.15, 0.2) is 53.0 Å². The highest BCUT2D eigenvalue weighted by atomic mass is 79.9. The van der Waals surface area contributed by atoms with Gasteiger partial charge in [-0.1, -0.05) is 47.1 Å². The molecule has 2 atom stereocenters. The van der Waals surface area contributed by atoms with Crippen LogP contribution in [0.3, 0.4) is 0 Å². The molecule has 5 nitrogen and oxygen atoms in total. The van der Waals surface area contributed by atoms with Gasteiger partial charge in [0.15, 0.2) is 0 Å². The molecule has 6 heteroatoms. The Kier molecular flexibility index (Phi) is 7.45. The molecule has 1 heterocycles. The number of carbonyl (C=O) groups excluding carboxylic acids is 2. The zero-order chi connectivity index (χ0) is 20.8. The van der Waals surface area contributed by atoms with Gasteiger partial charge in [0.1, 0.15) is 6.10 Å². The number of anilines is 1. The second-order valence-corrected chi connectivity index (χ2v) is 8.12. The molecule has 3 rings (SSSR count). The van der Waals surface area contributed by atoms with Crippen molar-refractivity contribution >= 4 is 33.4 Å². The molecule has 2 amide bonds. The standard InChI is InChI=1S/C23H27BrN2O3/c1-3-13-26(16(2)19-10-4-5-11-20(19)24)23(28)17-8-6-9-18(15-17)25-22(27)21-12-7-14-29-21/h4-6,8-11,15-16,21H,3,7,12-14H2,1-2H3,(H,25,27). The van der Waals surface area contributed by atoms with Crippen molar-refractivity contribution in [3.05, 3.63) is 64.1 Å². The number of nitrogens with zero attached hydrogens (tertiary/aromatic N) is 1. The van der Waals surface area contributed by atoms with Gasteiger partial charge in [0.25, 0.3) is 11.8 Å². The summed E-state index contributed by atoms with van der Waals surface area (Å²) in [5, 5.41) is 2.88. The third kappa shape index (κ3) is 5.25. The van der Waals surface area contributed by atoms with E-state index in [1.54, 1.807) is 24.3 Å². The zero-order valence-corrected chi connectivity index (χ0v) is 18.4. The predicted octanol–water partition coefficient (Wildman–Crippen LogP) is 5.18. The van der Waals surface area contributed by atoms with Crippen LogP contribution < -0.4 is 5.32 Å². The first-order valence-electron chi connectivity index (χ1n) is 10.1. The molecule has 2 aromatic rings. The molecule has 0 spiro atoms. The zero-order valence-electron chi connectivity index (χ0n) is 16.9. The van der Waals surface area contributed by atoms with Crippen LogP contribution in [0.1, 0.15) is 55.1 Å². The summed E-state index contributed by atoms with van der Waals surface area (Å²) in [5.41, 5.74) is 2.24. The van der Waals surface area contributed by atoms with Crippen molar-refractivity contribution in [3.8, 4) is 0 Å². The minimum atomic E-state index is -0.401. The summed E-state index contributed by atoms with van der Waals surface area (Å²) in [6.07, 6.45) is 2.09. The van der Waals surface area contributed by atoms with Crippen molar-refractivity contribution in [2.75, 3.05) is 18.5 Å². The lowest BCUT2D eigenvalue weighted by atomic mass is 10.0. The van der Waals surface area contributed by atoms with Gasteiger partial charge in [-0.3, -0.25) is 9.59 Å². The normalized spacial score (nSPS) is 17.0. The van der Waals surface area contributed by atoms with Gasteiger partial charge in [-0.15, -0.1) is 0 Å². The Labute approximate surface area is 180 Å². The quantitative estimate of drug-likeness (QED) is 0.621.